The smallest absolute Gasteiger partial charge is 0.269 e. The first-order valence-corrected chi connectivity index (χ1v) is 7.52. The summed E-state index contributed by atoms with van der Waals surface area (Å²) in [5.74, 6) is 0.596. The first-order chi connectivity index (χ1) is 11.7. The molecule has 1 aliphatic carbocycles. The van der Waals surface area contributed by atoms with E-state index in [1.165, 1.54) is 18.4 Å². The number of amides is 2. The number of nitrogens with one attached hydrogen (secondary N) is 1. The number of carbonyl (C=O) groups excluding carboxylic acids is 2. The molecule has 4 rings (SSSR count). The summed E-state index contributed by atoms with van der Waals surface area (Å²) < 4.78 is 10.3. The molecule has 9 heteroatoms. The van der Waals surface area contributed by atoms with E-state index in [2.05, 4.69) is 25.6 Å². The molecule has 24 heavy (non-hydrogen) atoms. The Hall–Kier alpha value is -3.10. The first-order valence-electron chi connectivity index (χ1n) is 7.52. The summed E-state index contributed by atoms with van der Waals surface area (Å²) >= 11 is 0. The summed E-state index contributed by atoms with van der Waals surface area (Å²) in [4.78, 5) is 30.6. The molecule has 0 saturated heterocycles. The van der Waals surface area contributed by atoms with E-state index in [1.54, 1.807) is 0 Å². The molecule has 0 radical (unpaired) electrons. The normalized spacial score (nSPS) is 19.7. The topological polar surface area (TPSA) is 123 Å². The Balaban J connectivity index is 1.36. The molecule has 1 fully saturated rings. The molecule has 1 saturated carbocycles. The molecular weight excluding hydrogens is 314 g/mol. The Morgan fingerprint density at radius 1 is 1.29 bits per heavy atom. The van der Waals surface area contributed by atoms with Crippen LogP contribution in [0.15, 0.2) is 32.3 Å². The van der Waals surface area contributed by atoms with Crippen molar-refractivity contribution < 1.29 is 18.6 Å². The van der Waals surface area contributed by atoms with Crippen molar-refractivity contribution in [2.24, 2.45) is 10.9 Å². The van der Waals surface area contributed by atoms with Crippen LogP contribution < -0.4 is 5.32 Å². The van der Waals surface area contributed by atoms with Crippen molar-refractivity contribution in [1.29, 1.82) is 0 Å². The molecule has 1 N–H and O–H groups in total. The molecule has 2 aromatic heterocycles. The van der Waals surface area contributed by atoms with Crippen molar-refractivity contribution in [2.45, 2.75) is 25.3 Å². The minimum atomic E-state index is -0.582. The Morgan fingerprint density at radius 3 is 2.92 bits per heavy atom. The van der Waals surface area contributed by atoms with Gasteiger partial charge in [-0.25, -0.2) is 4.99 Å². The zero-order chi connectivity index (χ0) is 16.5. The fourth-order valence-corrected chi connectivity index (χ4v) is 2.25. The minimum Gasteiger partial charge on any atom is -0.360 e. The SMILES string of the molecule is O=C1C=CC(C(=O)NCc2nc(-c3cc(C4CC4)on3)no2)C=N1. The van der Waals surface area contributed by atoms with Crippen LogP contribution in [0.4, 0.5) is 0 Å². The zero-order valence-corrected chi connectivity index (χ0v) is 12.5. The van der Waals surface area contributed by atoms with Crippen LogP contribution in [0, 0.1) is 5.92 Å². The highest BCUT2D eigenvalue weighted by Crippen LogP contribution is 2.40. The van der Waals surface area contributed by atoms with Crippen LogP contribution in [-0.4, -0.2) is 33.3 Å². The van der Waals surface area contributed by atoms with Crippen LogP contribution in [0.1, 0.15) is 30.4 Å². The van der Waals surface area contributed by atoms with Gasteiger partial charge in [-0.3, -0.25) is 9.59 Å². The van der Waals surface area contributed by atoms with Gasteiger partial charge in [-0.1, -0.05) is 16.4 Å². The number of rotatable bonds is 5. The van der Waals surface area contributed by atoms with Gasteiger partial charge in [-0.05, 0) is 12.8 Å². The van der Waals surface area contributed by atoms with Gasteiger partial charge in [-0.2, -0.15) is 4.98 Å². The fourth-order valence-electron chi connectivity index (χ4n) is 2.25. The second kappa shape index (κ2) is 5.84. The lowest BCUT2D eigenvalue weighted by Crippen LogP contribution is -2.31. The van der Waals surface area contributed by atoms with Crippen molar-refractivity contribution >= 4 is 18.0 Å². The Morgan fingerprint density at radius 2 is 2.17 bits per heavy atom. The third-order valence-electron chi connectivity index (χ3n) is 3.73. The highest BCUT2D eigenvalue weighted by Gasteiger charge is 2.28. The average Bonchev–Trinajstić information content (AvgIpc) is 3.13. The van der Waals surface area contributed by atoms with E-state index in [0.717, 1.165) is 18.6 Å². The van der Waals surface area contributed by atoms with Gasteiger partial charge in [0.05, 0.1) is 12.5 Å². The number of aromatic nitrogens is 3. The van der Waals surface area contributed by atoms with E-state index < -0.39 is 5.92 Å². The maximum atomic E-state index is 12.0. The molecule has 9 nitrogen and oxygen atoms in total. The zero-order valence-electron chi connectivity index (χ0n) is 12.5. The van der Waals surface area contributed by atoms with Crippen molar-refractivity contribution in [2.75, 3.05) is 0 Å². The number of hydrogen-bond donors (Lipinski definition) is 1. The van der Waals surface area contributed by atoms with Crippen LogP contribution in [0.25, 0.3) is 11.5 Å². The third kappa shape index (κ3) is 3.00. The van der Waals surface area contributed by atoms with E-state index >= 15 is 0 Å². The molecule has 2 amide bonds. The average molecular weight is 327 g/mol. The molecule has 2 aliphatic rings. The number of dihydropyridines is 1. The predicted molar refractivity (Wildman–Crippen MR) is 79.7 cm³/mol. The molecular formula is C15H13N5O4. The summed E-state index contributed by atoms with van der Waals surface area (Å²) in [6.45, 7) is 0.0747. The summed E-state index contributed by atoms with van der Waals surface area (Å²) in [5.41, 5.74) is 0.513. The van der Waals surface area contributed by atoms with Gasteiger partial charge >= 0.3 is 0 Å². The second-order valence-corrected chi connectivity index (χ2v) is 5.62. The van der Waals surface area contributed by atoms with Crippen molar-refractivity contribution in [3.8, 4) is 11.5 Å². The maximum Gasteiger partial charge on any atom is 0.269 e. The second-order valence-electron chi connectivity index (χ2n) is 5.62. The highest BCUT2D eigenvalue weighted by molar-refractivity contribution is 6.05. The Labute approximate surface area is 135 Å². The fraction of sp³-hybridized carbons (Fsp3) is 0.333. The van der Waals surface area contributed by atoms with E-state index in [0.29, 0.717) is 17.4 Å². The van der Waals surface area contributed by atoms with Crippen molar-refractivity contribution in [3.63, 3.8) is 0 Å². The molecule has 1 unspecified atom stereocenters. The van der Waals surface area contributed by atoms with E-state index in [1.807, 2.05) is 6.07 Å². The number of aliphatic imine (C=N–C) groups is 1. The molecule has 0 aromatic carbocycles. The molecule has 0 spiro atoms. The van der Waals surface area contributed by atoms with Gasteiger partial charge in [-0.15, -0.1) is 0 Å². The number of carbonyl (C=O) groups is 2. The van der Waals surface area contributed by atoms with Gasteiger partial charge < -0.3 is 14.4 Å². The Bertz CT molecular complexity index is 830. The number of hydrogen-bond acceptors (Lipinski definition) is 7. The van der Waals surface area contributed by atoms with Gasteiger partial charge in [0.1, 0.15) is 5.76 Å². The summed E-state index contributed by atoms with van der Waals surface area (Å²) in [5, 5.41) is 10.4. The quantitative estimate of drug-likeness (QED) is 0.868. The highest BCUT2D eigenvalue weighted by atomic mass is 16.5. The molecule has 1 aliphatic heterocycles. The monoisotopic (exact) mass is 327 g/mol. The largest absolute Gasteiger partial charge is 0.360 e. The van der Waals surface area contributed by atoms with Gasteiger partial charge in [0.25, 0.3) is 5.91 Å². The lowest BCUT2D eigenvalue weighted by molar-refractivity contribution is -0.122. The van der Waals surface area contributed by atoms with Gasteiger partial charge in [0, 0.05) is 24.3 Å². The molecule has 2 aromatic rings. The first kappa shape index (κ1) is 14.5. The van der Waals surface area contributed by atoms with Crippen LogP contribution in [-0.2, 0) is 16.1 Å². The van der Waals surface area contributed by atoms with Gasteiger partial charge in [0.2, 0.25) is 17.6 Å². The van der Waals surface area contributed by atoms with Gasteiger partial charge in [0.15, 0.2) is 5.69 Å². The van der Waals surface area contributed by atoms with Crippen LogP contribution in [0.2, 0.25) is 0 Å². The maximum absolute atomic E-state index is 12.0. The Kier molecular flexibility index (Phi) is 3.52. The lowest BCUT2D eigenvalue weighted by Gasteiger charge is -2.08. The van der Waals surface area contributed by atoms with Crippen molar-refractivity contribution in [3.05, 3.63) is 29.9 Å². The molecule has 122 valence electrons. The standard InChI is InChI=1S/C15H13N5O4/c21-12-4-3-9(6-16-12)15(22)17-7-13-18-14(20-24-13)10-5-11(23-19-10)8-1-2-8/h3-6,8-9H,1-2,7H2,(H,17,22). The summed E-state index contributed by atoms with van der Waals surface area (Å²) in [6, 6.07) is 1.81. The molecule has 3 heterocycles. The van der Waals surface area contributed by atoms with Crippen molar-refractivity contribution in [1.82, 2.24) is 20.6 Å². The lowest BCUT2D eigenvalue weighted by atomic mass is 10.1. The number of nitrogens with zero attached hydrogens (tertiary/aromatic N) is 4. The van der Waals surface area contributed by atoms with E-state index in [-0.39, 0.29) is 24.2 Å². The van der Waals surface area contributed by atoms with E-state index in [9.17, 15) is 9.59 Å². The third-order valence-corrected chi connectivity index (χ3v) is 3.73. The minimum absolute atomic E-state index is 0.0747. The molecule has 0 bridgehead atoms. The molecule has 1 atom stereocenters. The summed E-state index contributed by atoms with van der Waals surface area (Å²) in [6.07, 6.45) is 6.27. The summed E-state index contributed by atoms with van der Waals surface area (Å²) in [7, 11) is 0. The van der Waals surface area contributed by atoms with Crippen LogP contribution in [0.5, 0.6) is 0 Å². The van der Waals surface area contributed by atoms with Crippen LogP contribution >= 0.6 is 0 Å². The van der Waals surface area contributed by atoms with E-state index in [4.69, 9.17) is 9.05 Å². The van der Waals surface area contributed by atoms with Crippen LogP contribution in [0.3, 0.4) is 0 Å². The predicted octanol–water partition coefficient (Wildman–Crippen LogP) is 1.00.